The fourth-order valence-electron chi connectivity index (χ4n) is 1.13. The zero-order valence-corrected chi connectivity index (χ0v) is 12.9. The summed E-state index contributed by atoms with van der Waals surface area (Å²) in [4.78, 5) is 25.9. The molecule has 0 unspecified atom stereocenters. The van der Waals surface area contributed by atoms with Gasteiger partial charge in [0.05, 0.1) is 12.1 Å². The van der Waals surface area contributed by atoms with Crippen LogP contribution in [0.25, 0.3) is 10.4 Å². The molecule has 0 radical (unpaired) electrons. The van der Waals surface area contributed by atoms with Crippen molar-refractivity contribution in [3.63, 3.8) is 0 Å². The van der Waals surface area contributed by atoms with Crippen LogP contribution in [0.5, 0.6) is 0 Å². The van der Waals surface area contributed by atoms with E-state index in [2.05, 4.69) is 15.3 Å². The minimum Gasteiger partial charge on any atom is -0.463 e. The molecule has 1 amide bonds. The van der Waals surface area contributed by atoms with E-state index in [9.17, 15) is 9.59 Å². The van der Waals surface area contributed by atoms with E-state index in [1.54, 1.807) is 34.6 Å². The zero-order valence-electron chi connectivity index (χ0n) is 12.9. The van der Waals surface area contributed by atoms with Crippen molar-refractivity contribution in [3.05, 3.63) is 10.4 Å². The Morgan fingerprint density at radius 2 is 1.90 bits per heavy atom. The molecule has 0 aromatic rings. The van der Waals surface area contributed by atoms with E-state index in [1.807, 2.05) is 0 Å². The van der Waals surface area contributed by atoms with Gasteiger partial charge in [-0.2, -0.15) is 0 Å². The smallest absolute Gasteiger partial charge is 0.408 e. The lowest BCUT2D eigenvalue weighted by atomic mass is 10.1. The fourth-order valence-corrected chi connectivity index (χ4v) is 1.13. The molecule has 0 heterocycles. The first-order valence-electron chi connectivity index (χ1n) is 6.34. The third-order valence-corrected chi connectivity index (χ3v) is 2.04. The summed E-state index contributed by atoms with van der Waals surface area (Å²) >= 11 is 0. The zero-order chi connectivity index (χ0) is 16.7. The summed E-state index contributed by atoms with van der Waals surface area (Å²) in [7, 11) is 0. The van der Waals surface area contributed by atoms with E-state index < -0.39 is 35.9 Å². The molecule has 21 heavy (non-hydrogen) atoms. The maximum Gasteiger partial charge on any atom is 0.408 e. The van der Waals surface area contributed by atoms with Crippen LogP contribution >= 0.6 is 0 Å². The average Bonchev–Trinajstić information content (AvgIpc) is 2.31. The second-order valence-corrected chi connectivity index (χ2v) is 5.99. The van der Waals surface area contributed by atoms with E-state index >= 15 is 0 Å². The fraction of sp³-hybridized carbons (Fsp3) is 0.833. The number of nitrogens with one attached hydrogen (secondary N) is 1. The summed E-state index contributed by atoms with van der Waals surface area (Å²) in [5.74, 6) is -0.843. The number of amides is 1. The highest BCUT2D eigenvalue weighted by atomic mass is 16.6. The molecule has 0 aliphatic heterocycles. The molecule has 0 bridgehead atoms. The molecule has 0 spiro atoms. The molecular weight excluding hydrogens is 280 g/mol. The Morgan fingerprint density at radius 3 is 2.33 bits per heavy atom. The predicted octanol–water partition coefficient (Wildman–Crippen LogP) is 1.50. The van der Waals surface area contributed by atoms with Gasteiger partial charge in [0.25, 0.3) is 0 Å². The minimum atomic E-state index is -1.25. The third kappa shape index (κ3) is 8.72. The van der Waals surface area contributed by atoms with Crippen LogP contribution in [0.15, 0.2) is 5.11 Å². The quantitative estimate of drug-likeness (QED) is 0.332. The van der Waals surface area contributed by atoms with Gasteiger partial charge in [-0.15, -0.1) is 0 Å². The van der Waals surface area contributed by atoms with E-state index in [1.165, 1.54) is 0 Å². The second-order valence-electron chi connectivity index (χ2n) is 5.99. The van der Waals surface area contributed by atoms with Crippen LogP contribution in [0, 0.1) is 0 Å². The van der Waals surface area contributed by atoms with E-state index in [0.717, 1.165) is 0 Å². The lowest BCUT2D eigenvalue weighted by Gasteiger charge is -2.23. The van der Waals surface area contributed by atoms with Crippen LogP contribution in [-0.4, -0.2) is 47.6 Å². The molecule has 0 aliphatic carbocycles. The van der Waals surface area contributed by atoms with Crippen molar-refractivity contribution in [1.82, 2.24) is 5.32 Å². The first-order chi connectivity index (χ1) is 9.50. The Kier molecular flexibility index (Phi) is 6.97. The topological polar surface area (TPSA) is 134 Å². The van der Waals surface area contributed by atoms with Crippen LogP contribution < -0.4 is 5.32 Å². The number of hydrogen-bond donors (Lipinski definition) is 2. The van der Waals surface area contributed by atoms with Crippen LogP contribution in [0.4, 0.5) is 4.79 Å². The molecule has 9 nitrogen and oxygen atoms in total. The number of nitrogens with zero attached hydrogens (tertiary/aromatic N) is 3. The van der Waals surface area contributed by atoms with E-state index in [0.29, 0.717) is 0 Å². The van der Waals surface area contributed by atoms with Gasteiger partial charge >= 0.3 is 12.1 Å². The Bertz CT molecular complexity index is 424. The highest BCUT2D eigenvalue weighted by molar-refractivity contribution is 5.81. The monoisotopic (exact) mass is 302 g/mol. The van der Waals surface area contributed by atoms with Gasteiger partial charge in [0.1, 0.15) is 12.2 Å². The minimum absolute atomic E-state index is 0.178. The van der Waals surface area contributed by atoms with Crippen LogP contribution in [0.2, 0.25) is 0 Å². The largest absolute Gasteiger partial charge is 0.463 e. The normalized spacial score (nSPS) is 12.9. The van der Waals surface area contributed by atoms with Crippen molar-refractivity contribution in [2.45, 2.75) is 51.8 Å². The molecule has 0 fully saturated rings. The van der Waals surface area contributed by atoms with Gasteiger partial charge in [0, 0.05) is 4.91 Å². The molecule has 9 heteroatoms. The summed E-state index contributed by atoms with van der Waals surface area (Å²) in [6, 6.07) is -1.25. The van der Waals surface area contributed by atoms with Crippen LogP contribution in [0.1, 0.15) is 34.6 Å². The van der Waals surface area contributed by atoms with Gasteiger partial charge < -0.3 is 19.9 Å². The van der Waals surface area contributed by atoms with Crippen molar-refractivity contribution < 1.29 is 24.2 Å². The summed E-state index contributed by atoms with van der Waals surface area (Å²) in [5.41, 5.74) is 6.71. The summed E-state index contributed by atoms with van der Waals surface area (Å²) in [6.45, 7) is 7.34. The first-order valence-corrected chi connectivity index (χ1v) is 6.34. The van der Waals surface area contributed by atoms with Gasteiger partial charge in [-0.1, -0.05) is 19.0 Å². The first kappa shape index (κ1) is 19.0. The van der Waals surface area contributed by atoms with Crippen molar-refractivity contribution in [2.75, 3.05) is 13.2 Å². The Morgan fingerprint density at radius 1 is 1.33 bits per heavy atom. The SMILES string of the molecule is CC(C)(COC(=O)[C@H](CO)NC(=O)OC(C)(C)C)N=[N+]=[N-]. The van der Waals surface area contributed by atoms with Gasteiger partial charge in [0.2, 0.25) is 0 Å². The molecule has 0 saturated carbocycles. The van der Waals surface area contributed by atoms with Crippen molar-refractivity contribution >= 4 is 12.1 Å². The number of carbonyl (C=O) groups is 2. The number of hydrogen-bond acceptors (Lipinski definition) is 6. The number of alkyl carbamates (subject to hydrolysis) is 1. The maximum atomic E-state index is 11.7. The second kappa shape index (κ2) is 7.70. The summed E-state index contributed by atoms with van der Waals surface area (Å²) in [5, 5.41) is 14.8. The van der Waals surface area contributed by atoms with Crippen LogP contribution in [-0.2, 0) is 14.3 Å². The molecule has 0 saturated heterocycles. The number of aliphatic hydroxyl groups is 1. The number of aliphatic hydroxyl groups excluding tert-OH is 1. The predicted molar refractivity (Wildman–Crippen MR) is 74.4 cm³/mol. The average molecular weight is 302 g/mol. The van der Waals surface area contributed by atoms with Crippen LogP contribution in [0.3, 0.4) is 0 Å². The maximum absolute atomic E-state index is 11.7. The molecule has 2 N–H and O–H groups in total. The van der Waals surface area contributed by atoms with Crippen molar-refractivity contribution in [1.29, 1.82) is 0 Å². The molecule has 0 aromatic heterocycles. The number of rotatable bonds is 6. The molecule has 120 valence electrons. The third-order valence-electron chi connectivity index (χ3n) is 2.04. The van der Waals surface area contributed by atoms with Gasteiger partial charge in [-0.3, -0.25) is 0 Å². The van der Waals surface area contributed by atoms with E-state index in [4.69, 9.17) is 20.1 Å². The molecule has 1 atom stereocenters. The lowest BCUT2D eigenvalue weighted by Crippen LogP contribution is -2.47. The number of azide groups is 1. The van der Waals surface area contributed by atoms with Gasteiger partial charge in [-0.05, 0) is 26.3 Å². The Hall–Kier alpha value is -1.99. The number of carbonyl (C=O) groups excluding carboxylic acids is 2. The highest BCUT2D eigenvalue weighted by Crippen LogP contribution is 2.10. The summed E-state index contributed by atoms with van der Waals surface area (Å²) in [6.07, 6.45) is -0.840. The van der Waals surface area contributed by atoms with E-state index in [-0.39, 0.29) is 6.61 Å². The number of ether oxygens (including phenoxy) is 2. The lowest BCUT2D eigenvalue weighted by molar-refractivity contribution is -0.148. The molecule has 0 aromatic carbocycles. The molecule has 0 rings (SSSR count). The van der Waals surface area contributed by atoms with Crippen molar-refractivity contribution in [3.8, 4) is 0 Å². The molecule has 0 aliphatic rings. The Labute approximate surface area is 123 Å². The standard InChI is InChI=1S/C12H22N4O5/c1-11(2,3)21-10(19)14-8(6-17)9(18)20-7-12(4,5)15-16-13/h8,17H,6-7H2,1-5H3,(H,14,19)/t8-/m0/s1. The van der Waals surface area contributed by atoms with Crippen molar-refractivity contribution in [2.24, 2.45) is 5.11 Å². The molecular formula is C12H22N4O5. The Balaban J connectivity index is 4.50. The number of esters is 1. The highest BCUT2D eigenvalue weighted by Gasteiger charge is 2.27. The van der Waals surface area contributed by atoms with Gasteiger partial charge in [0.15, 0.2) is 6.04 Å². The van der Waals surface area contributed by atoms with Gasteiger partial charge in [-0.25, -0.2) is 9.59 Å². The summed E-state index contributed by atoms with van der Waals surface area (Å²) < 4.78 is 9.88.